The number of piperidine rings is 1. The molecule has 0 bridgehead atoms. The van der Waals surface area contributed by atoms with Crippen LogP contribution in [0.2, 0.25) is 0 Å². The van der Waals surface area contributed by atoms with Crippen LogP contribution in [0.3, 0.4) is 0 Å². The monoisotopic (exact) mass is 410 g/mol. The van der Waals surface area contributed by atoms with Crippen molar-refractivity contribution >= 4 is 33.3 Å². The van der Waals surface area contributed by atoms with Crippen LogP contribution in [0.1, 0.15) is 25.7 Å². The van der Waals surface area contributed by atoms with E-state index in [1.165, 1.54) is 0 Å². The van der Waals surface area contributed by atoms with Gasteiger partial charge in [0, 0.05) is 37.8 Å². The Kier molecular flexibility index (Phi) is 6.09. The summed E-state index contributed by atoms with van der Waals surface area (Å²) in [6, 6.07) is 4.58. The molecule has 154 valence electrons. The molecule has 0 spiro atoms. The van der Waals surface area contributed by atoms with Gasteiger partial charge in [-0.25, -0.2) is 17.9 Å². The van der Waals surface area contributed by atoms with Crippen LogP contribution in [0.25, 0.3) is 0 Å². The first kappa shape index (κ1) is 20.4. The zero-order valence-electron chi connectivity index (χ0n) is 16.1. The van der Waals surface area contributed by atoms with Gasteiger partial charge < -0.3 is 19.9 Å². The number of urea groups is 1. The number of hydrogen-bond donors (Lipinski definition) is 2. The minimum Gasteiger partial charge on any atom is -0.495 e. The maximum atomic E-state index is 12.7. The Morgan fingerprint density at radius 3 is 2.68 bits per heavy atom. The van der Waals surface area contributed by atoms with Crippen molar-refractivity contribution in [1.82, 2.24) is 9.62 Å². The minimum absolute atomic E-state index is 0.0347. The molecule has 2 fully saturated rings. The Balaban J connectivity index is 1.70. The van der Waals surface area contributed by atoms with E-state index in [1.807, 2.05) is 0 Å². The number of nitrogens with one attached hydrogen (secondary N) is 2. The number of sulfonamides is 1. The van der Waals surface area contributed by atoms with E-state index in [9.17, 15) is 18.0 Å². The summed E-state index contributed by atoms with van der Waals surface area (Å²) in [5.41, 5.74) is 1.19. The maximum Gasteiger partial charge on any atom is 0.321 e. The van der Waals surface area contributed by atoms with E-state index in [2.05, 4.69) is 10.0 Å². The van der Waals surface area contributed by atoms with Gasteiger partial charge in [-0.15, -0.1) is 0 Å². The molecule has 2 N–H and O–H groups in total. The highest BCUT2D eigenvalue weighted by Crippen LogP contribution is 2.34. The van der Waals surface area contributed by atoms with Crippen molar-refractivity contribution < 1.29 is 22.7 Å². The fourth-order valence-electron chi connectivity index (χ4n) is 3.64. The van der Waals surface area contributed by atoms with Gasteiger partial charge in [-0.1, -0.05) is 0 Å². The Morgan fingerprint density at radius 1 is 1.25 bits per heavy atom. The summed E-state index contributed by atoms with van der Waals surface area (Å²) in [4.78, 5) is 28.0. The zero-order chi connectivity index (χ0) is 20.3. The number of anilines is 2. The Hall–Kier alpha value is -2.33. The normalized spacial score (nSPS) is 20.4. The molecule has 0 aliphatic carbocycles. The van der Waals surface area contributed by atoms with Gasteiger partial charge in [0.15, 0.2) is 0 Å². The van der Waals surface area contributed by atoms with Crippen LogP contribution in [-0.4, -0.2) is 64.3 Å². The predicted molar refractivity (Wildman–Crippen MR) is 106 cm³/mol. The number of carbonyl (C=O) groups excluding carboxylic acids is 2. The highest BCUT2D eigenvalue weighted by molar-refractivity contribution is 7.88. The van der Waals surface area contributed by atoms with E-state index in [0.29, 0.717) is 49.6 Å². The zero-order valence-corrected chi connectivity index (χ0v) is 16.9. The third-order valence-electron chi connectivity index (χ3n) is 4.88. The average Bonchev–Trinajstić information content (AvgIpc) is 3.06. The first-order valence-corrected chi connectivity index (χ1v) is 11.2. The number of benzene rings is 1. The summed E-state index contributed by atoms with van der Waals surface area (Å²) >= 11 is 0. The molecule has 0 unspecified atom stereocenters. The second kappa shape index (κ2) is 8.36. The number of carbonyl (C=O) groups is 2. The van der Waals surface area contributed by atoms with Crippen LogP contribution < -0.4 is 19.7 Å². The first-order valence-electron chi connectivity index (χ1n) is 9.28. The number of ether oxygens (including phenoxy) is 1. The van der Waals surface area contributed by atoms with Crippen molar-refractivity contribution in [3.63, 3.8) is 0 Å². The number of amides is 3. The van der Waals surface area contributed by atoms with Gasteiger partial charge in [-0.2, -0.15) is 0 Å². The molecular weight excluding hydrogens is 384 g/mol. The van der Waals surface area contributed by atoms with E-state index < -0.39 is 10.0 Å². The molecule has 10 heteroatoms. The maximum absolute atomic E-state index is 12.7. The fourth-order valence-corrected chi connectivity index (χ4v) is 4.44. The topological polar surface area (TPSA) is 108 Å². The van der Waals surface area contributed by atoms with Gasteiger partial charge in [0.05, 0.1) is 19.1 Å². The fraction of sp³-hybridized carbons (Fsp3) is 0.556. The molecule has 1 aromatic rings. The second-order valence-corrected chi connectivity index (χ2v) is 8.92. The van der Waals surface area contributed by atoms with Crippen molar-refractivity contribution in [3.8, 4) is 5.75 Å². The molecule has 9 nitrogen and oxygen atoms in total. The summed E-state index contributed by atoms with van der Waals surface area (Å²) < 4.78 is 30.8. The predicted octanol–water partition coefficient (Wildman–Crippen LogP) is 1.37. The van der Waals surface area contributed by atoms with Gasteiger partial charge in [-0.3, -0.25) is 4.79 Å². The molecule has 2 heterocycles. The average molecular weight is 410 g/mol. The summed E-state index contributed by atoms with van der Waals surface area (Å²) in [7, 11) is -1.78. The van der Waals surface area contributed by atoms with Crippen LogP contribution >= 0.6 is 0 Å². The second-order valence-electron chi connectivity index (χ2n) is 7.14. The highest BCUT2D eigenvalue weighted by atomic mass is 32.2. The van der Waals surface area contributed by atoms with Gasteiger partial charge in [0.2, 0.25) is 15.9 Å². The lowest BCUT2D eigenvalue weighted by molar-refractivity contribution is -0.117. The van der Waals surface area contributed by atoms with E-state index in [4.69, 9.17) is 4.74 Å². The van der Waals surface area contributed by atoms with Crippen molar-refractivity contribution in [2.45, 2.75) is 31.7 Å². The highest BCUT2D eigenvalue weighted by Gasteiger charge is 2.27. The number of nitrogens with zero attached hydrogens (tertiary/aromatic N) is 2. The molecule has 2 saturated heterocycles. The summed E-state index contributed by atoms with van der Waals surface area (Å²) in [6.45, 7) is 1.49. The molecule has 3 amide bonds. The smallest absolute Gasteiger partial charge is 0.321 e. The lowest BCUT2D eigenvalue weighted by Crippen LogP contribution is -2.50. The summed E-state index contributed by atoms with van der Waals surface area (Å²) in [6.07, 6.45) is 3.82. The standard InChI is InChI=1S/C18H26N4O5S/c1-27-16-8-7-13(11-15(16)22-10-4-6-17(22)23)19-18(24)21-9-3-5-14(12-21)20-28(2,25)26/h7-8,11,14,20H,3-6,9-10,12H2,1-2H3,(H,19,24)/t14-/m0/s1. The van der Waals surface area contributed by atoms with Gasteiger partial charge in [-0.05, 0) is 37.5 Å². The van der Waals surface area contributed by atoms with Crippen LogP contribution in [0.4, 0.5) is 16.2 Å². The Labute approximate surface area is 165 Å². The number of hydrogen-bond acceptors (Lipinski definition) is 5. The molecule has 2 aliphatic rings. The van der Waals surface area contributed by atoms with Crippen molar-refractivity contribution in [3.05, 3.63) is 18.2 Å². The molecule has 0 saturated carbocycles. The van der Waals surface area contributed by atoms with Gasteiger partial charge in [0.1, 0.15) is 5.75 Å². The Morgan fingerprint density at radius 2 is 2.04 bits per heavy atom. The van der Waals surface area contributed by atoms with Crippen molar-refractivity contribution in [2.24, 2.45) is 0 Å². The number of rotatable bonds is 5. The Bertz CT molecular complexity index is 858. The largest absolute Gasteiger partial charge is 0.495 e. The number of methoxy groups -OCH3 is 1. The van der Waals surface area contributed by atoms with E-state index in [-0.39, 0.29) is 18.0 Å². The van der Waals surface area contributed by atoms with Gasteiger partial charge >= 0.3 is 6.03 Å². The van der Waals surface area contributed by atoms with E-state index in [0.717, 1.165) is 19.1 Å². The molecule has 2 aliphatic heterocycles. The lowest BCUT2D eigenvalue weighted by atomic mass is 10.1. The minimum atomic E-state index is -3.32. The third kappa shape index (κ3) is 4.93. The molecule has 3 rings (SSSR count). The first-order chi connectivity index (χ1) is 13.3. The summed E-state index contributed by atoms with van der Waals surface area (Å²) in [5.74, 6) is 0.608. The molecule has 0 aromatic heterocycles. The molecule has 1 aromatic carbocycles. The molecule has 1 atom stereocenters. The number of likely N-dealkylation sites (tertiary alicyclic amines) is 1. The van der Waals surface area contributed by atoms with Crippen LogP contribution in [0.5, 0.6) is 5.75 Å². The van der Waals surface area contributed by atoms with Crippen molar-refractivity contribution in [1.29, 1.82) is 0 Å². The summed E-state index contributed by atoms with van der Waals surface area (Å²) in [5, 5.41) is 2.84. The van der Waals surface area contributed by atoms with E-state index >= 15 is 0 Å². The van der Waals surface area contributed by atoms with E-state index in [1.54, 1.807) is 35.1 Å². The van der Waals surface area contributed by atoms with Crippen LogP contribution in [-0.2, 0) is 14.8 Å². The van der Waals surface area contributed by atoms with Gasteiger partial charge in [0.25, 0.3) is 0 Å². The van der Waals surface area contributed by atoms with Crippen LogP contribution in [0, 0.1) is 0 Å². The lowest BCUT2D eigenvalue weighted by Gasteiger charge is -2.32. The van der Waals surface area contributed by atoms with Crippen LogP contribution in [0.15, 0.2) is 18.2 Å². The molecule has 28 heavy (non-hydrogen) atoms. The molecular formula is C18H26N4O5S. The quantitative estimate of drug-likeness (QED) is 0.762. The van der Waals surface area contributed by atoms with Crippen molar-refractivity contribution in [2.75, 3.05) is 43.2 Å². The SMILES string of the molecule is COc1ccc(NC(=O)N2CCC[C@H](NS(C)(=O)=O)C2)cc1N1CCCC1=O. The molecule has 0 radical (unpaired) electrons. The third-order valence-corrected chi connectivity index (χ3v) is 5.65.